The lowest BCUT2D eigenvalue weighted by Crippen LogP contribution is -2.57. The Hall–Kier alpha value is -0.160. The van der Waals surface area contributed by atoms with Crippen molar-refractivity contribution in [3.63, 3.8) is 0 Å². The molecule has 2 aliphatic heterocycles. The van der Waals surface area contributed by atoms with E-state index in [0.717, 1.165) is 32.5 Å². The fourth-order valence-corrected chi connectivity index (χ4v) is 4.21. The number of hydrogen-bond acceptors (Lipinski definition) is 4. The topological polar surface area (TPSA) is 33.7 Å². The van der Waals surface area contributed by atoms with Crippen LogP contribution in [0.5, 0.6) is 0 Å². The zero-order chi connectivity index (χ0) is 13.8. The molecule has 0 radical (unpaired) electrons. The molecule has 1 saturated carbocycles. The van der Waals surface area contributed by atoms with Gasteiger partial charge < -0.3 is 14.8 Å². The smallest absolute Gasteiger partial charge is 0.170 e. The fourth-order valence-electron chi connectivity index (χ4n) is 4.21. The number of nitrogens with zero attached hydrogens (tertiary/aromatic N) is 1. The number of hydrogen-bond donors (Lipinski definition) is 1. The van der Waals surface area contributed by atoms with Crippen LogP contribution >= 0.6 is 0 Å². The maximum Gasteiger partial charge on any atom is 0.170 e. The third-order valence-electron chi connectivity index (χ3n) is 5.36. The van der Waals surface area contributed by atoms with E-state index in [4.69, 9.17) is 9.47 Å². The Kier molecular flexibility index (Phi) is 4.97. The van der Waals surface area contributed by atoms with E-state index in [2.05, 4.69) is 17.3 Å². The molecule has 0 aromatic heterocycles. The first-order valence-electron chi connectivity index (χ1n) is 8.52. The van der Waals surface area contributed by atoms with E-state index in [9.17, 15) is 0 Å². The van der Waals surface area contributed by atoms with Crippen molar-refractivity contribution in [2.24, 2.45) is 0 Å². The summed E-state index contributed by atoms with van der Waals surface area (Å²) in [5.74, 6) is -0.264. The van der Waals surface area contributed by atoms with E-state index in [1.165, 1.54) is 45.2 Å². The van der Waals surface area contributed by atoms with Crippen molar-refractivity contribution in [2.45, 2.75) is 69.2 Å². The first kappa shape index (κ1) is 14.8. The zero-order valence-electron chi connectivity index (χ0n) is 12.9. The molecule has 4 nitrogen and oxygen atoms in total. The molecule has 3 rings (SSSR count). The van der Waals surface area contributed by atoms with Gasteiger partial charge in [-0.3, -0.25) is 4.90 Å². The molecule has 4 heteroatoms. The minimum atomic E-state index is -0.264. The number of rotatable bonds is 2. The van der Waals surface area contributed by atoms with E-state index in [0.29, 0.717) is 12.1 Å². The second-order valence-corrected chi connectivity index (χ2v) is 6.62. The molecule has 3 fully saturated rings. The lowest BCUT2D eigenvalue weighted by molar-refractivity contribution is -0.193. The van der Waals surface area contributed by atoms with Crippen molar-refractivity contribution in [3.8, 4) is 0 Å². The Balaban J connectivity index is 1.68. The third-order valence-corrected chi connectivity index (χ3v) is 5.36. The van der Waals surface area contributed by atoms with Gasteiger partial charge in [-0.15, -0.1) is 0 Å². The van der Waals surface area contributed by atoms with Crippen molar-refractivity contribution in [1.82, 2.24) is 10.2 Å². The van der Waals surface area contributed by atoms with E-state index in [1.807, 2.05) is 0 Å². The molecule has 2 atom stereocenters. The summed E-state index contributed by atoms with van der Waals surface area (Å²) >= 11 is 0. The van der Waals surface area contributed by atoms with Crippen molar-refractivity contribution in [2.75, 3.05) is 33.4 Å². The molecule has 0 amide bonds. The number of ether oxygens (including phenoxy) is 2. The molecule has 0 aromatic rings. The molecule has 1 aliphatic carbocycles. The normalized spacial score (nSPS) is 35.9. The van der Waals surface area contributed by atoms with Crippen LogP contribution in [0, 0.1) is 0 Å². The molecule has 2 saturated heterocycles. The Morgan fingerprint density at radius 1 is 1.00 bits per heavy atom. The maximum atomic E-state index is 5.97. The molecular weight excluding hydrogens is 252 g/mol. The van der Waals surface area contributed by atoms with Crippen LogP contribution in [-0.4, -0.2) is 56.1 Å². The standard InChI is InChI=1S/C16H30N2O2/c1-17-14-7-8-16(19-11-12-20-16)13-15(14)18-9-5-3-2-4-6-10-18/h14-15,17H,2-13H2,1H3. The molecule has 1 N–H and O–H groups in total. The summed E-state index contributed by atoms with van der Waals surface area (Å²) in [7, 11) is 2.11. The second-order valence-electron chi connectivity index (χ2n) is 6.62. The van der Waals surface area contributed by atoms with E-state index >= 15 is 0 Å². The van der Waals surface area contributed by atoms with Gasteiger partial charge >= 0.3 is 0 Å². The minimum absolute atomic E-state index is 0.264. The highest BCUT2D eigenvalue weighted by molar-refractivity contribution is 4.96. The highest BCUT2D eigenvalue weighted by Crippen LogP contribution is 2.38. The summed E-state index contributed by atoms with van der Waals surface area (Å²) in [6.07, 6.45) is 10.2. The molecular formula is C16H30N2O2. The van der Waals surface area contributed by atoms with Crippen molar-refractivity contribution in [3.05, 3.63) is 0 Å². The van der Waals surface area contributed by atoms with Gasteiger partial charge in [0.25, 0.3) is 0 Å². The van der Waals surface area contributed by atoms with Crippen molar-refractivity contribution in [1.29, 1.82) is 0 Å². The highest BCUT2D eigenvalue weighted by atomic mass is 16.7. The summed E-state index contributed by atoms with van der Waals surface area (Å²) in [6, 6.07) is 1.16. The molecule has 2 heterocycles. The van der Waals surface area contributed by atoms with Crippen LogP contribution in [0.4, 0.5) is 0 Å². The number of likely N-dealkylation sites (tertiary alicyclic amines) is 1. The average Bonchev–Trinajstić information content (AvgIpc) is 2.87. The molecule has 20 heavy (non-hydrogen) atoms. The molecule has 116 valence electrons. The highest BCUT2D eigenvalue weighted by Gasteiger charge is 2.46. The predicted octanol–water partition coefficient (Wildman–Crippen LogP) is 2.14. The van der Waals surface area contributed by atoms with Gasteiger partial charge in [-0.05, 0) is 39.4 Å². The largest absolute Gasteiger partial charge is 0.347 e. The predicted molar refractivity (Wildman–Crippen MR) is 79.8 cm³/mol. The maximum absolute atomic E-state index is 5.97. The van der Waals surface area contributed by atoms with Gasteiger partial charge in [-0.2, -0.15) is 0 Å². The van der Waals surface area contributed by atoms with E-state index < -0.39 is 0 Å². The van der Waals surface area contributed by atoms with Crippen LogP contribution in [-0.2, 0) is 9.47 Å². The van der Waals surface area contributed by atoms with Gasteiger partial charge in [-0.25, -0.2) is 0 Å². The van der Waals surface area contributed by atoms with E-state index in [-0.39, 0.29) is 5.79 Å². The van der Waals surface area contributed by atoms with Crippen LogP contribution in [0.2, 0.25) is 0 Å². The minimum Gasteiger partial charge on any atom is -0.347 e. The van der Waals surface area contributed by atoms with Gasteiger partial charge in [-0.1, -0.05) is 19.3 Å². The number of likely N-dealkylation sites (N-methyl/N-ethyl adjacent to an activating group) is 1. The molecule has 3 aliphatic rings. The average molecular weight is 282 g/mol. The summed E-state index contributed by atoms with van der Waals surface area (Å²) in [5.41, 5.74) is 0. The molecule has 0 bridgehead atoms. The van der Waals surface area contributed by atoms with Crippen LogP contribution in [0.25, 0.3) is 0 Å². The Bertz CT molecular complexity index is 297. The second kappa shape index (κ2) is 6.73. The molecule has 0 aromatic carbocycles. The zero-order valence-corrected chi connectivity index (χ0v) is 12.9. The van der Waals surface area contributed by atoms with Crippen LogP contribution in [0.15, 0.2) is 0 Å². The van der Waals surface area contributed by atoms with Gasteiger partial charge in [0, 0.05) is 24.9 Å². The van der Waals surface area contributed by atoms with Gasteiger partial charge in [0.1, 0.15) is 0 Å². The summed E-state index contributed by atoms with van der Waals surface area (Å²) in [4.78, 5) is 2.71. The van der Waals surface area contributed by atoms with Crippen LogP contribution in [0.3, 0.4) is 0 Å². The Morgan fingerprint density at radius 3 is 2.30 bits per heavy atom. The fraction of sp³-hybridized carbons (Fsp3) is 1.00. The Morgan fingerprint density at radius 2 is 1.65 bits per heavy atom. The third kappa shape index (κ3) is 3.19. The first-order valence-corrected chi connectivity index (χ1v) is 8.52. The first-order chi connectivity index (χ1) is 9.83. The SMILES string of the molecule is CNC1CCC2(CC1N1CCCCCCC1)OCCO2. The molecule has 1 spiro atoms. The lowest BCUT2D eigenvalue weighted by atomic mass is 9.84. The van der Waals surface area contributed by atoms with Crippen molar-refractivity contribution >= 4 is 0 Å². The quantitative estimate of drug-likeness (QED) is 0.841. The number of nitrogens with one attached hydrogen (secondary N) is 1. The van der Waals surface area contributed by atoms with Crippen LogP contribution < -0.4 is 5.32 Å². The van der Waals surface area contributed by atoms with Crippen molar-refractivity contribution < 1.29 is 9.47 Å². The summed E-state index contributed by atoms with van der Waals surface area (Å²) in [5, 5.41) is 3.54. The molecule has 2 unspecified atom stereocenters. The summed E-state index contributed by atoms with van der Waals surface area (Å²) in [6.45, 7) is 4.05. The van der Waals surface area contributed by atoms with Crippen LogP contribution in [0.1, 0.15) is 51.4 Å². The Labute approximate surface area is 123 Å². The monoisotopic (exact) mass is 282 g/mol. The lowest BCUT2D eigenvalue weighted by Gasteiger charge is -2.46. The van der Waals surface area contributed by atoms with Gasteiger partial charge in [0.05, 0.1) is 13.2 Å². The van der Waals surface area contributed by atoms with E-state index in [1.54, 1.807) is 0 Å². The van der Waals surface area contributed by atoms with Gasteiger partial charge in [0.2, 0.25) is 0 Å². The summed E-state index contributed by atoms with van der Waals surface area (Å²) < 4.78 is 11.9. The van der Waals surface area contributed by atoms with Gasteiger partial charge in [0.15, 0.2) is 5.79 Å².